The molecular weight excluding hydrogens is 370 g/mol. The fraction of sp³-hybridized carbons (Fsp3) is 0.467. The standard InChI is InChI=1S/C15H20ClN3O5S/c1-9(17-15(21)18-11-5-6-25(22,23)8-11)14(20)19-12-7-10(16)3-4-13(12)24-2/h3-4,7,9,11H,5-6,8H2,1-2H3,(H,19,20)(H2,17,18,21)/t9-,11+/m0/s1. The maximum Gasteiger partial charge on any atom is 0.315 e. The van der Waals surface area contributed by atoms with Gasteiger partial charge in [-0.2, -0.15) is 0 Å². The van der Waals surface area contributed by atoms with Gasteiger partial charge in [0.1, 0.15) is 11.8 Å². The number of amides is 3. The molecule has 1 saturated heterocycles. The Morgan fingerprint density at radius 2 is 2.08 bits per heavy atom. The van der Waals surface area contributed by atoms with E-state index >= 15 is 0 Å². The quantitative estimate of drug-likeness (QED) is 0.699. The molecule has 10 heteroatoms. The minimum Gasteiger partial charge on any atom is -0.495 e. The highest BCUT2D eigenvalue weighted by molar-refractivity contribution is 7.91. The van der Waals surface area contributed by atoms with Gasteiger partial charge in [0.25, 0.3) is 0 Å². The summed E-state index contributed by atoms with van der Waals surface area (Å²) in [5.74, 6) is -0.0520. The molecule has 138 valence electrons. The number of urea groups is 1. The van der Waals surface area contributed by atoms with Gasteiger partial charge in [0, 0.05) is 11.1 Å². The van der Waals surface area contributed by atoms with Crippen molar-refractivity contribution in [2.24, 2.45) is 0 Å². The Hall–Kier alpha value is -2.00. The minimum atomic E-state index is -3.09. The summed E-state index contributed by atoms with van der Waals surface area (Å²) in [4.78, 5) is 24.1. The number of hydrogen-bond donors (Lipinski definition) is 3. The first kappa shape index (κ1) is 19.3. The lowest BCUT2D eigenvalue weighted by Gasteiger charge is -2.18. The lowest BCUT2D eigenvalue weighted by molar-refractivity contribution is -0.117. The molecule has 1 aromatic carbocycles. The molecule has 0 saturated carbocycles. The van der Waals surface area contributed by atoms with Crippen LogP contribution in [-0.2, 0) is 14.6 Å². The number of carbonyl (C=O) groups excluding carboxylic acids is 2. The van der Waals surface area contributed by atoms with Crippen LogP contribution in [0, 0.1) is 0 Å². The molecule has 0 spiro atoms. The first-order valence-electron chi connectivity index (χ1n) is 7.62. The predicted molar refractivity (Wildman–Crippen MR) is 94.8 cm³/mol. The molecule has 3 amide bonds. The third-order valence-corrected chi connectivity index (χ3v) is 5.73. The molecule has 2 rings (SSSR count). The first-order valence-corrected chi connectivity index (χ1v) is 9.82. The van der Waals surface area contributed by atoms with E-state index in [0.29, 0.717) is 22.9 Å². The Labute approximate surface area is 151 Å². The van der Waals surface area contributed by atoms with Gasteiger partial charge in [0.05, 0.1) is 24.3 Å². The summed E-state index contributed by atoms with van der Waals surface area (Å²) in [7, 11) is -1.62. The van der Waals surface area contributed by atoms with E-state index in [1.165, 1.54) is 20.1 Å². The predicted octanol–water partition coefficient (Wildman–Crippen LogP) is 1.16. The highest BCUT2D eigenvalue weighted by Gasteiger charge is 2.29. The zero-order valence-corrected chi connectivity index (χ0v) is 15.4. The Balaban J connectivity index is 1.90. The van der Waals surface area contributed by atoms with Crippen LogP contribution in [0.3, 0.4) is 0 Å². The second-order valence-electron chi connectivity index (χ2n) is 5.77. The van der Waals surface area contributed by atoms with E-state index in [4.69, 9.17) is 16.3 Å². The number of ether oxygens (including phenoxy) is 1. The number of carbonyl (C=O) groups is 2. The van der Waals surface area contributed by atoms with E-state index in [0.717, 1.165) is 0 Å². The number of hydrogen-bond acceptors (Lipinski definition) is 5. The number of nitrogens with one attached hydrogen (secondary N) is 3. The summed E-state index contributed by atoms with van der Waals surface area (Å²) >= 11 is 5.90. The molecule has 2 atom stereocenters. The number of halogens is 1. The molecule has 25 heavy (non-hydrogen) atoms. The average molecular weight is 390 g/mol. The van der Waals surface area contributed by atoms with E-state index < -0.39 is 33.9 Å². The average Bonchev–Trinajstić information content (AvgIpc) is 2.86. The lowest BCUT2D eigenvalue weighted by Crippen LogP contribution is -2.49. The van der Waals surface area contributed by atoms with Gasteiger partial charge < -0.3 is 20.7 Å². The van der Waals surface area contributed by atoms with Gasteiger partial charge in [-0.05, 0) is 31.5 Å². The molecule has 0 unspecified atom stereocenters. The van der Waals surface area contributed by atoms with E-state index in [2.05, 4.69) is 16.0 Å². The molecule has 0 bridgehead atoms. The van der Waals surface area contributed by atoms with Gasteiger partial charge in [0.2, 0.25) is 5.91 Å². The Kier molecular flexibility index (Phi) is 6.12. The fourth-order valence-electron chi connectivity index (χ4n) is 2.42. The van der Waals surface area contributed by atoms with Crippen LogP contribution in [0.1, 0.15) is 13.3 Å². The van der Waals surface area contributed by atoms with Crippen molar-refractivity contribution in [3.05, 3.63) is 23.2 Å². The second kappa shape index (κ2) is 7.92. The smallest absolute Gasteiger partial charge is 0.315 e. The Bertz CT molecular complexity index is 768. The number of rotatable bonds is 5. The van der Waals surface area contributed by atoms with E-state index in [1.807, 2.05) is 0 Å². The van der Waals surface area contributed by atoms with Gasteiger partial charge in [-0.15, -0.1) is 0 Å². The zero-order chi connectivity index (χ0) is 18.6. The summed E-state index contributed by atoms with van der Waals surface area (Å²) in [6.45, 7) is 1.51. The molecule has 1 aliphatic rings. The topological polar surface area (TPSA) is 114 Å². The van der Waals surface area contributed by atoms with Crippen molar-refractivity contribution in [1.82, 2.24) is 10.6 Å². The zero-order valence-electron chi connectivity index (χ0n) is 13.8. The van der Waals surface area contributed by atoms with E-state index in [1.54, 1.807) is 12.1 Å². The Morgan fingerprint density at radius 1 is 1.36 bits per heavy atom. The van der Waals surface area contributed by atoms with Crippen molar-refractivity contribution < 1.29 is 22.7 Å². The van der Waals surface area contributed by atoms with E-state index in [9.17, 15) is 18.0 Å². The van der Waals surface area contributed by atoms with Gasteiger partial charge >= 0.3 is 6.03 Å². The summed E-state index contributed by atoms with van der Waals surface area (Å²) in [6, 6.07) is 2.90. The third-order valence-electron chi connectivity index (χ3n) is 3.73. The van der Waals surface area contributed by atoms with Gasteiger partial charge in [-0.25, -0.2) is 13.2 Å². The van der Waals surface area contributed by atoms with Crippen molar-refractivity contribution in [3.63, 3.8) is 0 Å². The SMILES string of the molecule is COc1ccc(Cl)cc1NC(=O)[C@H](C)NC(=O)N[C@@H]1CCS(=O)(=O)C1. The molecule has 1 heterocycles. The number of anilines is 1. The highest BCUT2D eigenvalue weighted by atomic mass is 35.5. The van der Waals surface area contributed by atoms with Crippen molar-refractivity contribution >= 4 is 39.1 Å². The number of benzene rings is 1. The van der Waals surface area contributed by atoms with Gasteiger partial charge in [0.15, 0.2) is 9.84 Å². The molecule has 8 nitrogen and oxygen atoms in total. The lowest BCUT2D eigenvalue weighted by atomic mass is 10.2. The van der Waals surface area contributed by atoms with Crippen molar-refractivity contribution in [2.75, 3.05) is 23.9 Å². The summed E-state index contributed by atoms with van der Waals surface area (Å²) in [5, 5.41) is 8.09. The van der Waals surface area contributed by atoms with Crippen LogP contribution in [0.25, 0.3) is 0 Å². The maximum atomic E-state index is 12.2. The van der Waals surface area contributed by atoms with Crippen molar-refractivity contribution in [2.45, 2.75) is 25.4 Å². The second-order valence-corrected chi connectivity index (χ2v) is 8.44. The molecule has 1 aliphatic heterocycles. The van der Waals surface area contributed by atoms with Crippen LogP contribution < -0.4 is 20.7 Å². The third kappa shape index (κ3) is 5.50. The molecule has 0 aliphatic carbocycles. The normalized spacial score (nSPS) is 19.7. The van der Waals surface area contributed by atoms with Crippen LogP contribution in [0.5, 0.6) is 5.75 Å². The molecule has 3 N–H and O–H groups in total. The largest absolute Gasteiger partial charge is 0.495 e. The summed E-state index contributed by atoms with van der Waals surface area (Å²) in [5.41, 5.74) is 0.385. The molecule has 0 radical (unpaired) electrons. The molecule has 0 aromatic heterocycles. The van der Waals surface area contributed by atoms with Crippen LogP contribution in [0.15, 0.2) is 18.2 Å². The van der Waals surface area contributed by atoms with Crippen molar-refractivity contribution in [3.8, 4) is 5.75 Å². The Morgan fingerprint density at radius 3 is 2.68 bits per heavy atom. The highest BCUT2D eigenvalue weighted by Crippen LogP contribution is 2.27. The minimum absolute atomic E-state index is 0.0581. The first-order chi connectivity index (χ1) is 11.7. The van der Waals surface area contributed by atoms with Crippen LogP contribution in [-0.4, -0.2) is 51.1 Å². The van der Waals surface area contributed by atoms with Crippen LogP contribution >= 0.6 is 11.6 Å². The molecular formula is C15H20ClN3O5S. The van der Waals surface area contributed by atoms with E-state index in [-0.39, 0.29) is 11.5 Å². The summed E-state index contributed by atoms with van der Waals surface area (Å²) < 4.78 is 27.9. The number of methoxy groups -OCH3 is 1. The van der Waals surface area contributed by atoms with Crippen LogP contribution in [0.4, 0.5) is 10.5 Å². The maximum absolute atomic E-state index is 12.2. The molecule has 1 aromatic rings. The van der Waals surface area contributed by atoms with Crippen LogP contribution in [0.2, 0.25) is 5.02 Å². The van der Waals surface area contributed by atoms with Crippen molar-refractivity contribution in [1.29, 1.82) is 0 Å². The monoisotopic (exact) mass is 389 g/mol. The fourth-order valence-corrected chi connectivity index (χ4v) is 4.26. The van der Waals surface area contributed by atoms with Gasteiger partial charge in [-0.3, -0.25) is 4.79 Å². The molecule has 1 fully saturated rings. The number of sulfone groups is 1. The summed E-state index contributed by atoms with van der Waals surface area (Å²) in [6.07, 6.45) is 0.371. The van der Waals surface area contributed by atoms with Gasteiger partial charge in [-0.1, -0.05) is 11.6 Å².